The van der Waals surface area contributed by atoms with E-state index in [9.17, 15) is 0 Å². The quantitative estimate of drug-likeness (QED) is 0.165. The number of furan rings is 4. The number of anilines is 6. The van der Waals surface area contributed by atoms with E-state index >= 15 is 0 Å². The Morgan fingerprint density at radius 3 is 1.04 bits per heavy atom. The zero-order chi connectivity index (χ0) is 52.9. The molecule has 0 aliphatic carbocycles. The van der Waals surface area contributed by atoms with Crippen molar-refractivity contribution in [1.29, 1.82) is 0 Å². The summed E-state index contributed by atoms with van der Waals surface area (Å²) in [5, 5.41) is 12.9. The first-order valence-corrected chi connectivity index (χ1v) is 27.1. The van der Waals surface area contributed by atoms with Gasteiger partial charge in [-0.15, -0.1) is 0 Å². The first-order valence-electron chi connectivity index (χ1n) is 27.1. The molecule has 0 radical (unpaired) electrons. The number of fused-ring (bicyclic) bond motifs is 17. The number of rotatable bonds is 6. The molecule has 0 fully saturated rings. The Bertz CT molecular complexity index is 4640. The molecule has 0 aliphatic rings. The molecule has 0 aliphatic heterocycles. The zero-order valence-corrected chi connectivity index (χ0v) is 45.0. The van der Waals surface area contributed by atoms with Gasteiger partial charge in [-0.3, -0.25) is 0 Å². The fourth-order valence-electron chi connectivity index (χ4n) is 12.4. The maximum atomic E-state index is 7.23. The van der Waals surface area contributed by atoms with E-state index in [0.717, 1.165) is 143 Å². The number of aryl methyl sites for hydroxylation is 2. The van der Waals surface area contributed by atoms with Crippen LogP contribution < -0.4 is 9.80 Å². The molecule has 4 heterocycles. The van der Waals surface area contributed by atoms with Crippen LogP contribution in [0.1, 0.15) is 63.8 Å². The predicted octanol–water partition coefficient (Wildman–Crippen LogP) is 21.7. The van der Waals surface area contributed by atoms with E-state index in [-0.39, 0.29) is 10.8 Å². The summed E-state index contributed by atoms with van der Waals surface area (Å²) in [5.41, 5.74) is 17.3. The van der Waals surface area contributed by atoms with Gasteiger partial charge in [-0.1, -0.05) is 162 Å². The van der Waals surface area contributed by atoms with E-state index in [2.05, 4.69) is 259 Å². The highest BCUT2D eigenvalue weighted by molar-refractivity contribution is 6.30. The van der Waals surface area contributed by atoms with Gasteiger partial charge < -0.3 is 27.5 Å². The Labute approximate surface area is 451 Å². The number of para-hydroxylation sites is 2. The van der Waals surface area contributed by atoms with Crippen molar-refractivity contribution in [2.75, 3.05) is 9.80 Å². The molecule has 6 heteroatoms. The molecular formula is C72H56N2O4. The molecule has 0 saturated carbocycles. The molecule has 0 bridgehead atoms. The molecule has 11 aromatic carbocycles. The van der Waals surface area contributed by atoms with Crippen LogP contribution >= 0.6 is 0 Å². The second-order valence-electron chi connectivity index (χ2n) is 23.4. The summed E-state index contributed by atoms with van der Waals surface area (Å²) in [6.45, 7) is 17.7. The van der Waals surface area contributed by atoms with Gasteiger partial charge in [0.2, 0.25) is 0 Å². The van der Waals surface area contributed by atoms with Crippen LogP contribution in [0.15, 0.2) is 212 Å². The van der Waals surface area contributed by atoms with Crippen molar-refractivity contribution in [3.05, 3.63) is 216 Å². The minimum Gasteiger partial charge on any atom is -0.456 e. The second-order valence-corrected chi connectivity index (χ2v) is 23.4. The molecule has 78 heavy (non-hydrogen) atoms. The van der Waals surface area contributed by atoms with Crippen LogP contribution in [0.3, 0.4) is 0 Å². The monoisotopic (exact) mass is 1010 g/mol. The van der Waals surface area contributed by atoms with E-state index in [1.165, 1.54) is 22.3 Å². The average Bonchev–Trinajstić information content (AvgIpc) is 4.36. The summed E-state index contributed by atoms with van der Waals surface area (Å²) in [6.07, 6.45) is 0. The first kappa shape index (κ1) is 46.1. The van der Waals surface area contributed by atoms with Crippen LogP contribution in [0.25, 0.3) is 109 Å². The van der Waals surface area contributed by atoms with Crippen LogP contribution in [0.2, 0.25) is 0 Å². The number of hydrogen-bond acceptors (Lipinski definition) is 6. The predicted molar refractivity (Wildman–Crippen MR) is 327 cm³/mol. The Balaban J connectivity index is 0.943. The zero-order valence-electron chi connectivity index (χ0n) is 45.0. The number of benzene rings is 11. The van der Waals surface area contributed by atoms with Crippen LogP contribution in [-0.4, -0.2) is 0 Å². The Hall–Kier alpha value is -9.26. The van der Waals surface area contributed by atoms with Gasteiger partial charge in [-0.25, -0.2) is 0 Å². The highest BCUT2D eigenvalue weighted by Gasteiger charge is 2.28. The Morgan fingerprint density at radius 2 is 0.641 bits per heavy atom. The van der Waals surface area contributed by atoms with Crippen molar-refractivity contribution in [3.63, 3.8) is 0 Å². The lowest BCUT2D eigenvalue weighted by atomic mass is 9.86. The molecule has 0 spiro atoms. The molecule has 0 unspecified atom stereocenters. The summed E-state index contributed by atoms with van der Waals surface area (Å²) in [4.78, 5) is 4.72. The van der Waals surface area contributed by atoms with Crippen molar-refractivity contribution >= 4 is 143 Å². The van der Waals surface area contributed by atoms with Crippen LogP contribution in [0, 0.1) is 13.8 Å². The van der Waals surface area contributed by atoms with Crippen molar-refractivity contribution in [2.24, 2.45) is 0 Å². The summed E-state index contributed by atoms with van der Waals surface area (Å²) < 4.78 is 27.8. The van der Waals surface area contributed by atoms with E-state index < -0.39 is 0 Å². The van der Waals surface area contributed by atoms with E-state index in [0.29, 0.717) is 0 Å². The van der Waals surface area contributed by atoms with Gasteiger partial charge in [-0.05, 0) is 108 Å². The molecule has 0 N–H and O–H groups in total. The molecule has 15 rings (SSSR count). The third-order valence-corrected chi connectivity index (χ3v) is 16.2. The SMILES string of the molecule is Cc1ccc(N(c2ccc3oc4c(C(C)(C)C)cccc4c3c2)c2cc3oc4c(ccc5c4oc4cc(N(c6ccc(C)cc6)c6ccc7oc8c(C(C)(C)C)cccc8c7c6)c6ccccc6c45)c3c3ccccc23)cc1. The van der Waals surface area contributed by atoms with Crippen molar-refractivity contribution in [2.45, 2.75) is 66.2 Å². The molecule has 4 aromatic heterocycles. The number of hydrogen-bond donors (Lipinski definition) is 0. The van der Waals surface area contributed by atoms with Gasteiger partial charge in [0.1, 0.15) is 33.5 Å². The molecule has 0 atom stereocenters. The standard InChI is InChI=1S/C72H56N2O4/c1-41-23-27-43(28-24-41)73(45-31-35-61-55(37-45)51-19-13-21-57(67(51)75-61)71(3,4)5)59-39-63-65(49-17-11-9-15-47(49)59)53-33-34-54-66-50-18-12-10-16-48(50)60(40-64(66)78-70(54)69(53)77-63)74(44-29-25-42(2)26-30-44)46-32-36-62-56(38-46)52-20-14-22-58(68(52)76-62)72(6,7)8/h9-40H,1-8H3. The molecule has 378 valence electrons. The van der Waals surface area contributed by atoms with Crippen LogP contribution in [0.5, 0.6) is 0 Å². The highest BCUT2D eigenvalue weighted by Crippen LogP contribution is 2.51. The smallest absolute Gasteiger partial charge is 0.178 e. The number of nitrogens with zero attached hydrogens (tertiary/aromatic N) is 2. The summed E-state index contributed by atoms with van der Waals surface area (Å²) in [5.74, 6) is 0. The third kappa shape index (κ3) is 6.95. The van der Waals surface area contributed by atoms with Gasteiger partial charge in [0.15, 0.2) is 11.2 Å². The highest BCUT2D eigenvalue weighted by atomic mass is 16.4. The lowest BCUT2D eigenvalue weighted by molar-refractivity contribution is 0.572. The van der Waals surface area contributed by atoms with Crippen LogP contribution in [0.4, 0.5) is 34.1 Å². The Morgan fingerprint density at radius 1 is 0.282 bits per heavy atom. The van der Waals surface area contributed by atoms with Gasteiger partial charge in [-0.2, -0.15) is 0 Å². The fourth-order valence-corrected chi connectivity index (χ4v) is 12.4. The summed E-state index contributed by atoms with van der Waals surface area (Å²) >= 11 is 0. The normalized spacial score (nSPS) is 12.6. The van der Waals surface area contributed by atoms with Gasteiger partial charge in [0, 0.05) is 99.9 Å². The Kier molecular flexibility index (Phi) is 9.82. The molecular weight excluding hydrogens is 957 g/mol. The van der Waals surface area contributed by atoms with Crippen molar-refractivity contribution in [1.82, 2.24) is 0 Å². The minimum absolute atomic E-state index is 0.0799. The lowest BCUT2D eigenvalue weighted by Gasteiger charge is -2.27. The average molecular weight is 1010 g/mol. The fraction of sp³-hybridized carbons (Fsp3) is 0.139. The molecule has 0 saturated heterocycles. The topological polar surface area (TPSA) is 59.0 Å². The first-order chi connectivity index (χ1) is 37.7. The second kappa shape index (κ2) is 16.6. The minimum atomic E-state index is -0.0799. The molecule has 15 aromatic rings. The molecule has 0 amide bonds. The van der Waals surface area contributed by atoms with Crippen molar-refractivity contribution < 1.29 is 17.7 Å². The van der Waals surface area contributed by atoms with Gasteiger partial charge in [0.25, 0.3) is 0 Å². The van der Waals surface area contributed by atoms with E-state index in [1.807, 2.05) is 0 Å². The third-order valence-electron chi connectivity index (χ3n) is 16.2. The van der Waals surface area contributed by atoms with Gasteiger partial charge >= 0.3 is 0 Å². The van der Waals surface area contributed by atoms with E-state index in [4.69, 9.17) is 17.7 Å². The molecule has 6 nitrogen and oxygen atoms in total. The summed E-state index contributed by atoms with van der Waals surface area (Å²) in [7, 11) is 0. The van der Waals surface area contributed by atoms with E-state index in [1.54, 1.807) is 0 Å². The van der Waals surface area contributed by atoms with Crippen LogP contribution in [-0.2, 0) is 10.8 Å². The largest absolute Gasteiger partial charge is 0.456 e. The lowest BCUT2D eigenvalue weighted by Crippen LogP contribution is -2.11. The van der Waals surface area contributed by atoms with Gasteiger partial charge in [0.05, 0.1) is 11.4 Å². The summed E-state index contributed by atoms with van der Waals surface area (Å²) in [6, 6.07) is 70.1. The van der Waals surface area contributed by atoms with Crippen molar-refractivity contribution in [3.8, 4) is 0 Å². The maximum Gasteiger partial charge on any atom is 0.178 e. The maximum absolute atomic E-state index is 7.23.